The number of hydrogen-bond acceptors (Lipinski definition) is 1. The molecule has 60 valence electrons. The predicted molar refractivity (Wildman–Crippen MR) is 46.9 cm³/mol. The van der Waals surface area contributed by atoms with Crippen LogP contribution in [0, 0.1) is 5.92 Å². The van der Waals surface area contributed by atoms with Crippen molar-refractivity contribution in [3.05, 3.63) is 12.2 Å². The molecule has 0 aromatic rings. The van der Waals surface area contributed by atoms with Gasteiger partial charge in [-0.25, -0.2) is 0 Å². The lowest BCUT2D eigenvalue weighted by Gasteiger charge is -2.04. The van der Waals surface area contributed by atoms with Crippen LogP contribution >= 0.6 is 0 Å². The lowest BCUT2D eigenvalue weighted by molar-refractivity contribution is 0.548. The highest BCUT2D eigenvalue weighted by Crippen LogP contribution is 2.06. The van der Waals surface area contributed by atoms with Crippen LogP contribution in [0.1, 0.15) is 33.1 Å². The summed E-state index contributed by atoms with van der Waals surface area (Å²) in [6.07, 6.45) is 7.95. The van der Waals surface area contributed by atoms with Crippen LogP contribution in [-0.4, -0.2) is 6.54 Å². The molecule has 0 aromatic heterocycles. The summed E-state index contributed by atoms with van der Waals surface area (Å²) >= 11 is 0. The van der Waals surface area contributed by atoms with E-state index in [0.717, 1.165) is 25.3 Å². The first kappa shape index (κ1) is 9.70. The molecule has 0 spiro atoms. The van der Waals surface area contributed by atoms with E-state index in [9.17, 15) is 0 Å². The Morgan fingerprint density at radius 2 is 2.10 bits per heavy atom. The van der Waals surface area contributed by atoms with E-state index in [1.54, 1.807) is 0 Å². The Morgan fingerprint density at radius 1 is 1.40 bits per heavy atom. The summed E-state index contributed by atoms with van der Waals surface area (Å²) in [7, 11) is 0. The second kappa shape index (κ2) is 6.81. The smallest absolute Gasteiger partial charge is 0.00746 e. The number of rotatable bonds is 5. The zero-order valence-corrected chi connectivity index (χ0v) is 7.14. The molecule has 0 aliphatic heterocycles. The lowest BCUT2D eigenvalue weighted by atomic mass is 10.0. The van der Waals surface area contributed by atoms with E-state index in [-0.39, 0.29) is 0 Å². The monoisotopic (exact) mass is 141 g/mol. The molecule has 1 heteroatoms. The highest BCUT2D eigenvalue weighted by atomic mass is 14.5. The second-order valence-corrected chi connectivity index (χ2v) is 2.80. The molecule has 0 fully saturated rings. The van der Waals surface area contributed by atoms with Gasteiger partial charge in [-0.2, -0.15) is 0 Å². The van der Waals surface area contributed by atoms with Crippen molar-refractivity contribution in [1.29, 1.82) is 0 Å². The standard InChI is InChI=1S/C9H19N/c1-3-4-5-6-9(2)7-8-10/h4-5,9H,3,6-8,10H2,1-2H3/b5-4-. The maximum atomic E-state index is 5.41. The van der Waals surface area contributed by atoms with Crippen LogP contribution < -0.4 is 5.73 Å². The Kier molecular flexibility index (Phi) is 6.61. The molecule has 10 heavy (non-hydrogen) atoms. The molecule has 0 radical (unpaired) electrons. The molecule has 0 rings (SSSR count). The van der Waals surface area contributed by atoms with Crippen molar-refractivity contribution in [1.82, 2.24) is 0 Å². The molecule has 2 N–H and O–H groups in total. The van der Waals surface area contributed by atoms with Crippen molar-refractivity contribution in [3.8, 4) is 0 Å². The Morgan fingerprint density at radius 3 is 2.60 bits per heavy atom. The van der Waals surface area contributed by atoms with Crippen molar-refractivity contribution >= 4 is 0 Å². The average Bonchev–Trinajstić information content (AvgIpc) is 1.89. The molecule has 0 saturated carbocycles. The van der Waals surface area contributed by atoms with Crippen molar-refractivity contribution in [3.63, 3.8) is 0 Å². The fourth-order valence-corrected chi connectivity index (χ4v) is 0.898. The molecule has 0 heterocycles. The van der Waals surface area contributed by atoms with E-state index < -0.39 is 0 Å². The maximum absolute atomic E-state index is 5.41. The minimum absolute atomic E-state index is 0.757. The fourth-order valence-electron chi connectivity index (χ4n) is 0.898. The zero-order valence-electron chi connectivity index (χ0n) is 7.14. The van der Waals surface area contributed by atoms with E-state index in [1.807, 2.05) is 0 Å². The van der Waals surface area contributed by atoms with Gasteiger partial charge in [-0.05, 0) is 31.7 Å². The molecule has 0 aliphatic carbocycles. The summed E-state index contributed by atoms with van der Waals surface area (Å²) in [6.45, 7) is 5.22. The molecular weight excluding hydrogens is 122 g/mol. The van der Waals surface area contributed by atoms with Crippen LogP contribution in [0.2, 0.25) is 0 Å². The summed E-state index contributed by atoms with van der Waals surface area (Å²) in [5.74, 6) is 0.757. The van der Waals surface area contributed by atoms with E-state index >= 15 is 0 Å². The van der Waals surface area contributed by atoms with Crippen LogP contribution in [0.3, 0.4) is 0 Å². The van der Waals surface area contributed by atoms with Crippen LogP contribution in [-0.2, 0) is 0 Å². The topological polar surface area (TPSA) is 26.0 Å². The first-order chi connectivity index (χ1) is 4.81. The van der Waals surface area contributed by atoms with Crippen molar-refractivity contribution in [2.75, 3.05) is 6.54 Å². The lowest BCUT2D eigenvalue weighted by Crippen LogP contribution is -2.04. The molecule has 0 aliphatic rings. The van der Waals surface area contributed by atoms with Crippen LogP contribution in [0.4, 0.5) is 0 Å². The van der Waals surface area contributed by atoms with Gasteiger partial charge in [0, 0.05) is 0 Å². The van der Waals surface area contributed by atoms with Gasteiger partial charge in [0.25, 0.3) is 0 Å². The van der Waals surface area contributed by atoms with Gasteiger partial charge in [-0.15, -0.1) is 0 Å². The third-order valence-corrected chi connectivity index (χ3v) is 1.60. The Labute approximate surface area is 64.3 Å². The SMILES string of the molecule is CC/C=C\CC(C)CCN. The largest absolute Gasteiger partial charge is 0.330 e. The van der Waals surface area contributed by atoms with Crippen LogP contribution in [0.25, 0.3) is 0 Å². The highest BCUT2D eigenvalue weighted by Gasteiger charge is 1.95. The molecule has 1 nitrogen and oxygen atoms in total. The van der Waals surface area contributed by atoms with E-state index in [0.29, 0.717) is 0 Å². The minimum Gasteiger partial charge on any atom is -0.330 e. The van der Waals surface area contributed by atoms with Crippen molar-refractivity contribution in [2.24, 2.45) is 11.7 Å². The van der Waals surface area contributed by atoms with Gasteiger partial charge < -0.3 is 5.73 Å². The third-order valence-electron chi connectivity index (χ3n) is 1.60. The van der Waals surface area contributed by atoms with Gasteiger partial charge in [0.05, 0.1) is 0 Å². The fraction of sp³-hybridized carbons (Fsp3) is 0.778. The first-order valence-electron chi connectivity index (χ1n) is 4.16. The van der Waals surface area contributed by atoms with E-state index in [2.05, 4.69) is 26.0 Å². The van der Waals surface area contributed by atoms with E-state index in [1.165, 1.54) is 6.42 Å². The number of allylic oxidation sites excluding steroid dienone is 2. The molecular formula is C9H19N. The van der Waals surface area contributed by atoms with Crippen molar-refractivity contribution < 1.29 is 0 Å². The second-order valence-electron chi connectivity index (χ2n) is 2.80. The van der Waals surface area contributed by atoms with E-state index in [4.69, 9.17) is 5.73 Å². The van der Waals surface area contributed by atoms with Gasteiger partial charge >= 0.3 is 0 Å². The summed E-state index contributed by atoms with van der Waals surface area (Å²) in [4.78, 5) is 0. The summed E-state index contributed by atoms with van der Waals surface area (Å²) < 4.78 is 0. The maximum Gasteiger partial charge on any atom is -0.00746 e. The van der Waals surface area contributed by atoms with Gasteiger partial charge in [0.1, 0.15) is 0 Å². The third kappa shape index (κ3) is 5.83. The highest BCUT2D eigenvalue weighted by molar-refractivity contribution is 4.81. The molecule has 1 unspecified atom stereocenters. The van der Waals surface area contributed by atoms with Gasteiger partial charge in [-0.1, -0.05) is 26.0 Å². The van der Waals surface area contributed by atoms with Crippen LogP contribution in [0.5, 0.6) is 0 Å². The van der Waals surface area contributed by atoms with Gasteiger partial charge in [-0.3, -0.25) is 0 Å². The Balaban J connectivity index is 3.20. The first-order valence-corrected chi connectivity index (χ1v) is 4.16. The van der Waals surface area contributed by atoms with Gasteiger partial charge in [0.2, 0.25) is 0 Å². The molecule has 0 amide bonds. The zero-order chi connectivity index (χ0) is 7.82. The molecule has 0 aromatic carbocycles. The Hall–Kier alpha value is -0.300. The van der Waals surface area contributed by atoms with Crippen molar-refractivity contribution in [2.45, 2.75) is 33.1 Å². The predicted octanol–water partition coefficient (Wildman–Crippen LogP) is 2.33. The Bertz CT molecular complexity index is 86.7. The summed E-state index contributed by atoms with van der Waals surface area (Å²) in [5, 5.41) is 0. The average molecular weight is 141 g/mol. The number of nitrogens with two attached hydrogens (primary N) is 1. The minimum atomic E-state index is 0.757. The molecule has 0 bridgehead atoms. The molecule has 0 saturated heterocycles. The van der Waals surface area contributed by atoms with Crippen LogP contribution in [0.15, 0.2) is 12.2 Å². The summed E-state index contributed by atoms with van der Waals surface area (Å²) in [5.41, 5.74) is 5.41. The number of hydrogen-bond donors (Lipinski definition) is 1. The van der Waals surface area contributed by atoms with Gasteiger partial charge in [0.15, 0.2) is 0 Å². The quantitative estimate of drug-likeness (QED) is 0.584. The normalized spacial score (nSPS) is 14.3. The summed E-state index contributed by atoms with van der Waals surface area (Å²) in [6, 6.07) is 0. The molecule has 1 atom stereocenters.